The second kappa shape index (κ2) is 6.78. The zero-order valence-corrected chi connectivity index (χ0v) is 6.64. The second-order valence-corrected chi connectivity index (χ2v) is 2.34. The predicted molar refractivity (Wildman–Crippen MR) is 43.7 cm³/mol. The van der Waals surface area contributed by atoms with Crippen molar-refractivity contribution in [2.24, 2.45) is 0 Å². The Bertz CT molecular complexity index is 83.3. The Hall–Kier alpha value is -0.340. The van der Waals surface area contributed by atoms with Crippen LogP contribution in [-0.4, -0.2) is 17.9 Å². The molecule has 60 valence electrons. The van der Waals surface area contributed by atoms with Gasteiger partial charge < -0.3 is 5.11 Å². The molecule has 0 aliphatic carbocycles. The van der Waals surface area contributed by atoms with E-state index in [1.54, 1.807) is 0 Å². The van der Waals surface area contributed by atoms with E-state index in [9.17, 15) is 0 Å². The van der Waals surface area contributed by atoms with Gasteiger partial charge in [0.25, 0.3) is 0 Å². The molecule has 0 saturated carbocycles. The van der Waals surface area contributed by atoms with Crippen LogP contribution in [0.1, 0.15) is 26.2 Å². The lowest BCUT2D eigenvalue weighted by Gasteiger charge is -2.06. The van der Waals surface area contributed by atoms with Crippen molar-refractivity contribution in [1.29, 1.82) is 0 Å². The van der Waals surface area contributed by atoms with Gasteiger partial charge >= 0.3 is 0 Å². The van der Waals surface area contributed by atoms with Gasteiger partial charge in [-0.25, -0.2) is 0 Å². The van der Waals surface area contributed by atoms with Gasteiger partial charge in [-0.2, -0.15) is 0 Å². The Balaban J connectivity index is 2.95. The Morgan fingerprint density at radius 2 is 2.30 bits per heavy atom. The number of aliphatic hydroxyl groups is 1. The van der Waals surface area contributed by atoms with E-state index in [4.69, 9.17) is 5.11 Å². The molecule has 1 atom stereocenters. The molecule has 0 aromatic heterocycles. The summed E-state index contributed by atoms with van der Waals surface area (Å²) in [5, 5.41) is 11.8. The minimum absolute atomic E-state index is 0.531. The first-order valence-corrected chi connectivity index (χ1v) is 3.85. The Kier molecular flexibility index (Phi) is 6.55. The Morgan fingerprint density at radius 1 is 1.60 bits per heavy atom. The van der Waals surface area contributed by atoms with Crippen LogP contribution >= 0.6 is 0 Å². The molecule has 0 amide bonds. The van der Waals surface area contributed by atoms with E-state index in [0.29, 0.717) is 0 Å². The minimum Gasteiger partial charge on any atom is -0.375 e. The summed E-state index contributed by atoms with van der Waals surface area (Å²) in [6.45, 7) is 6.48. The summed E-state index contributed by atoms with van der Waals surface area (Å²) in [7, 11) is 0. The predicted octanol–water partition coefficient (Wildman–Crippen LogP) is 1.27. The van der Waals surface area contributed by atoms with Crippen molar-refractivity contribution in [3.05, 3.63) is 12.7 Å². The molecule has 0 radical (unpaired) electrons. The van der Waals surface area contributed by atoms with Crippen molar-refractivity contribution in [2.75, 3.05) is 6.54 Å². The lowest BCUT2D eigenvalue weighted by molar-refractivity contribution is 0.184. The van der Waals surface area contributed by atoms with Crippen molar-refractivity contribution in [2.45, 2.75) is 32.4 Å². The highest BCUT2D eigenvalue weighted by Gasteiger charge is 1.93. The molecule has 0 saturated heterocycles. The Morgan fingerprint density at radius 3 is 2.80 bits per heavy atom. The van der Waals surface area contributed by atoms with Crippen LogP contribution in [0.3, 0.4) is 0 Å². The van der Waals surface area contributed by atoms with Crippen LogP contribution < -0.4 is 5.32 Å². The highest BCUT2D eigenvalue weighted by atomic mass is 16.3. The third-order valence-electron chi connectivity index (χ3n) is 1.36. The molecule has 0 aliphatic heterocycles. The van der Waals surface area contributed by atoms with Crippen molar-refractivity contribution < 1.29 is 5.11 Å². The van der Waals surface area contributed by atoms with Crippen LogP contribution in [0.4, 0.5) is 0 Å². The molecule has 0 rings (SSSR count). The van der Waals surface area contributed by atoms with Gasteiger partial charge in [0.05, 0.1) is 0 Å². The quantitative estimate of drug-likeness (QED) is 0.333. The fourth-order valence-corrected chi connectivity index (χ4v) is 0.708. The molecule has 0 bridgehead atoms. The largest absolute Gasteiger partial charge is 0.375 e. The van der Waals surface area contributed by atoms with E-state index in [2.05, 4.69) is 18.8 Å². The zero-order valence-electron chi connectivity index (χ0n) is 6.64. The molecule has 10 heavy (non-hydrogen) atoms. The zero-order chi connectivity index (χ0) is 7.82. The van der Waals surface area contributed by atoms with Gasteiger partial charge in [-0.05, 0) is 19.0 Å². The molecule has 0 fully saturated rings. The average Bonchev–Trinajstić information content (AvgIpc) is 1.98. The monoisotopic (exact) mass is 143 g/mol. The van der Waals surface area contributed by atoms with Gasteiger partial charge in [-0.15, -0.1) is 0 Å². The van der Waals surface area contributed by atoms with E-state index < -0.39 is 6.23 Å². The first kappa shape index (κ1) is 9.66. The van der Waals surface area contributed by atoms with Gasteiger partial charge in [0.15, 0.2) is 0 Å². The maximum atomic E-state index is 8.93. The summed E-state index contributed by atoms with van der Waals surface area (Å²) >= 11 is 0. The van der Waals surface area contributed by atoms with Crippen LogP contribution in [0.2, 0.25) is 0 Å². The van der Waals surface area contributed by atoms with Crippen LogP contribution in [0.5, 0.6) is 0 Å². The fraction of sp³-hybridized carbons (Fsp3) is 0.750. The van der Waals surface area contributed by atoms with Gasteiger partial charge in [0.2, 0.25) is 0 Å². The number of aliphatic hydroxyl groups excluding tert-OH is 1. The summed E-state index contributed by atoms with van der Waals surface area (Å²) in [4.78, 5) is 0. The van der Waals surface area contributed by atoms with Gasteiger partial charge in [0.1, 0.15) is 6.23 Å². The van der Waals surface area contributed by atoms with Crippen molar-refractivity contribution >= 4 is 0 Å². The molecule has 0 aromatic rings. The smallest absolute Gasteiger partial charge is 0.123 e. The third kappa shape index (κ3) is 5.79. The molecule has 2 heteroatoms. The molecule has 1 unspecified atom stereocenters. The number of hydrogen-bond acceptors (Lipinski definition) is 2. The third-order valence-corrected chi connectivity index (χ3v) is 1.36. The van der Waals surface area contributed by atoms with Crippen LogP contribution in [0, 0.1) is 0 Å². The second-order valence-electron chi connectivity index (χ2n) is 2.34. The summed E-state index contributed by atoms with van der Waals surface area (Å²) in [6, 6.07) is 0. The van der Waals surface area contributed by atoms with Crippen molar-refractivity contribution in [3.63, 3.8) is 0 Å². The summed E-state index contributed by atoms with van der Waals surface area (Å²) in [6.07, 6.45) is 4.52. The van der Waals surface area contributed by atoms with E-state index in [1.807, 2.05) is 0 Å². The maximum Gasteiger partial charge on any atom is 0.123 e. The minimum atomic E-state index is -0.531. The molecule has 0 aromatic carbocycles. The van der Waals surface area contributed by atoms with Gasteiger partial charge in [0, 0.05) is 0 Å². The van der Waals surface area contributed by atoms with Crippen LogP contribution in [-0.2, 0) is 0 Å². The molecular formula is C8H17NO. The first-order valence-electron chi connectivity index (χ1n) is 3.85. The molecule has 0 aliphatic rings. The lowest BCUT2D eigenvalue weighted by Crippen LogP contribution is -2.27. The normalized spacial score (nSPS) is 13.0. The fourth-order valence-electron chi connectivity index (χ4n) is 0.708. The molecule has 2 N–H and O–H groups in total. The van der Waals surface area contributed by atoms with Crippen LogP contribution in [0.15, 0.2) is 12.7 Å². The number of unbranched alkanes of at least 4 members (excludes halogenated alkanes) is 2. The Labute approximate surface area is 62.9 Å². The SMILES string of the molecule is C=CC(O)NCCCCC. The van der Waals surface area contributed by atoms with Gasteiger partial charge in [-0.3, -0.25) is 5.32 Å². The van der Waals surface area contributed by atoms with Crippen molar-refractivity contribution in [1.82, 2.24) is 5.32 Å². The van der Waals surface area contributed by atoms with E-state index in [-0.39, 0.29) is 0 Å². The molecule has 0 spiro atoms. The number of rotatable bonds is 6. The molecule has 0 heterocycles. The number of nitrogens with one attached hydrogen (secondary N) is 1. The van der Waals surface area contributed by atoms with Crippen molar-refractivity contribution in [3.8, 4) is 0 Å². The van der Waals surface area contributed by atoms with E-state index in [1.165, 1.54) is 18.9 Å². The first-order chi connectivity index (χ1) is 4.81. The molecule has 2 nitrogen and oxygen atoms in total. The lowest BCUT2D eigenvalue weighted by atomic mass is 10.2. The maximum absolute atomic E-state index is 8.93. The van der Waals surface area contributed by atoms with E-state index >= 15 is 0 Å². The van der Waals surface area contributed by atoms with Crippen LogP contribution in [0.25, 0.3) is 0 Å². The average molecular weight is 143 g/mol. The molecular weight excluding hydrogens is 126 g/mol. The topological polar surface area (TPSA) is 32.3 Å². The summed E-state index contributed by atoms with van der Waals surface area (Å²) in [5.74, 6) is 0. The van der Waals surface area contributed by atoms with E-state index in [0.717, 1.165) is 13.0 Å². The van der Waals surface area contributed by atoms with Gasteiger partial charge in [-0.1, -0.05) is 26.3 Å². The highest BCUT2D eigenvalue weighted by molar-refractivity contribution is 4.75. The standard InChI is InChI=1S/C8H17NO/c1-3-5-6-7-9-8(10)4-2/h4,8-10H,2-3,5-7H2,1H3. The summed E-state index contributed by atoms with van der Waals surface area (Å²) in [5.41, 5.74) is 0. The summed E-state index contributed by atoms with van der Waals surface area (Å²) < 4.78 is 0. The highest BCUT2D eigenvalue weighted by Crippen LogP contribution is 1.91. The number of hydrogen-bond donors (Lipinski definition) is 2.